The van der Waals surface area contributed by atoms with E-state index in [2.05, 4.69) is 46.8 Å². The van der Waals surface area contributed by atoms with Gasteiger partial charge in [-0.25, -0.2) is 4.68 Å². The number of hydrogen-bond donors (Lipinski definition) is 1. The Bertz CT molecular complexity index is 565. The Morgan fingerprint density at radius 3 is 3.00 bits per heavy atom. The molecule has 1 aromatic heterocycles. The fourth-order valence-electron chi connectivity index (χ4n) is 2.79. The van der Waals surface area contributed by atoms with Crippen LogP contribution in [0.2, 0.25) is 0 Å². The molecule has 1 aliphatic heterocycles. The number of nitrogens with zero attached hydrogens (tertiary/aromatic N) is 4. The largest absolute Gasteiger partial charge is 0.381 e. The summed E-state index contributed by atoms with van der Waals surface area (Å²) in [5.74, 6) is 0.607. The van der Waals surface area contributed by atoms with E-state index < -0.39 is 0 Å². The highest BCUT2D eigenvalue weighted by atomic mass is 16.5. The van der Waals surface area contributed by atoms with E-state index in [9.17, 15) is 0 Å². The molecule has 0 radical (unpaired) electrons. The lowest BCUT2D eigenvalue weighted by Gasteiger charge is -2.24. The van der Waals surface area contributed by atoms with Crippen molar-refractivity contribution < 1.29 is 4.74 Å². The number of aromatic nitrogens is 4. The first-order valence-electron chi connectivity index (χ1n) is 7.41. The summed E-state index contributed by atoms with van der Waals surface area (Å²) in [6.45, 7) is 6.18. The van der Waals surface area contributed by atoms with Crippen LogP contribution in [0, 0.1) is 5.92 Å². The molecule has 0 amide bonds. The summed E-state index contributed by atoms with van der Waals surface area (Å²) in [7, 11) is 0. The Morgan fingerprint density at radius 2 is 2.29 bits per heavy atom. The Labute approximate surface area is 124 Å². The van der Waals surface area contributed by atoms with Crippen molar-refractivity contribution in [2.75, 3.05) is 13.2 Å². The van der Waals surface area contributed by atoms with Crippen LogP contribution in [0.15, 0.2) is 30.6 Å². The normalized spacial score (nSPS) is 21.3. The Balaban J connectivity index is 1.69. The zero-order chi connectivity index (χ0) is 14.7. The summed E-state index contributed by atoms with van der Waals surface area (Å²) < 4.78 is 7.14. The minimum Gasteiger partial charge on any atom is -0.381 e. The van der Waals surface area contributed by atoms with Crippen LogP contribution in [-0.4, -0.2) is 39.5 Å². The van der Waals surface area contributed by atoms with Gasteiger partial charge in [0, 0.05) is 18.7 Å². The van der Waals surface area contributed by atoms with Crippen molar-refractivity contribution in [3.63, 3.8) is 0 Å². The maximum atomic E-state index is 5.47. The molecule has 2 heterocycles. The average molecular weight is 287 g/mol. The summed E-state index contributed by atoms with van der Waals surface area (Å²) in [4.78, 5) is 0. The van der Waals surface area contributed by atoms with Crippen LogP contribution in [0.25, 0.3) is 5.69 Å². The van der Waals surface area contributed by atoms with Crippen LogP contribution in [0.3, 0.4) is 0 Å². The van der Waals surface area contributed by atoms with E-state index in [1.54, 1.807) is 11.0 Å². The summed E-state index contributed by atoms with van der Waals surface area (Å²) in [5, 5.41) is 15.0. The Hall–Kier alpha value is -1.79. The van der Waals surface area contributed by atoms with Crippen molar-refractivity contribution in [3.05, 3.63) is 36.2 Å². The van der Waals surface area contributed by atoms with Gasteiger partial charge in [0.2, 0.25) is 0 Å². The second kappa shape index (κ2) is 6.32. The predicted molar refractivity (Wildman–Crippen MR) is 79.1 cm³/mol. The first-order chi connectivity index (χ1) is 10.2. The maximum Gasteiger partial charge on any atom is 0.143 e. The molecule has 21 heavy (non-hydrogen) atoms. The first kappa shape index (κ1) is 14.2. The number of benzene rings is 1. The molecule has 1 saturated heterocycles. The molecular weight excluding hydrogens is 266 g/mol. The third-order valence-corrected chi connectivity index (χ3v) is 4.17. The molecule has 3 unspecified atom stereocenters. The van der Waals surface area contributed by atoms with Crippen LogP contribution in [0.5, 0.6) is 0 Å². The molecule has 3 atom stereocenters. The van der Waals surface area contributed by atoms with E-state index in [1.807, 2.05) is 12.1 Å². The third-order valence-electron chi connectivity index (χ3n) is 4.17. The number of rotatable bonds is 5. The molecule has 1 aliphatic rings. The van der Waals surface area contributed by atoms with Gasteiger partial charge in [0.05, 0.1) is 12.3 Å². The van der Waals surface area contributed by atoms with Crippen molar-refractivity contribution in [2.45, 2.75) is 32.4 Å². The fourth-order valence-corrected chi connectivity index (χ4v) is 2.79. The third kappa shape index (κ3) is 3.28. The number of nitrogens with one attached hydrogen (secondary N) is 1. The molecule has 0 bridgehead atoms. The lowest BCUT2D eigenvalue weighted by molar-refractivity contribution is 0.177. The highest BCUT2D eigenvalue weighted by molar-refractivity contribution is 5.35. The van der Waals surface area contributed by atoms with Gasteiger partial charge in [0.25, 0.3) is 0 Å². The van der Waals surface area contributed by atoms with Crippen molar-refractivity contribution in [2.24, 2.45) is 5.92 Å². The first-order valence-corrected chi connectivity index (χ1v) is 7.41. The highest BCUT2D eigenvalue weighted by Crippen LogP contribution is 2.21. The molecule has 1 aromatic carbocycles. The van der Waals surface area contributed by atoms with Gasteiger partial charge in [-0.1, -0.05) is 12.1 Å². The van der Waals surface area contributed by atoms with Gasteiger partial charge in [-0.3, -0.25) is 0 Å². The second-order valence-electron chi connectivity index (χ2n) is 5.65. The molecule has 6 heteroatoms. The van der Waals surface area contributed by atoms with E-state index in [4.69, 9.17) is 4.74 Å². The van der Waals surface area contributed by atoms with Gasteiger partial charge >= 0.3 is 0 Å². The van der Waals surface area contributed by atoms with Crippen molar-refractivity contribution in [1.29, 1.82) is 0 Å². The molecule has 2 aromatic rings. The quantitative estimate of drug-likeness (QED) is 0.907. The minimum atomic E-state index is 0.275. The van der Waals surface area contributed by atoms with Crippen molar-refractivity contribution in [1.82, 2.24) is 25.5 Å². The van der Waals surface area contributed by atoms with Gasteiger partial charge in [0.1, 0.15) is 6.33 Å². The monoisotopic (exact) mass is 287 g/mol. The van der Waals surface area contributed by atoms with Gasteiger partial charge in [-0.15, -0.1) is 5.10 Å². The van der Waals surface area contributed by atoms with Crippen LogP contribution in [-0.2, 0) is 4.74 Å². The van der Waals surface area contributed by atoms with Gasteiger partial charge < -0.3 is 10.1 Å². The number of tetrazole rings is 1. The number of ether oxygens (including phenoxy) is 1. The average Bonchev–Trinajstić information content (AvgIpc) is 3.20. The molecule has 3 rings (SSSR count). The van der Waals surface area contributed by atoms with Crippen LogP contribution >= 0.6 is 0 Å². The van der Waals surface area contributed by atoms with Gasteiger partial charge in [-0.2, -0.15) is 0 Å². The van der Waals surface area contributed by atoms with E-state index >= 15 is 0 Å². The SMILES string of the molecule is CC(NC(C)C1CCOC1)c1cccc(-n2cnnn2)c1. The summed E-state index contributed by atoms with van der Waals surface area (Å²) in [5.41, 5.74) is 2.21. The zero-order valence-electron chi connectivity index (χ0n) is 12.4. The predicted octanol–water partition coefficient (Wildman–Crippen LogP) is 1.74. The second-order valence-corrected chi connectivity index (χ2v) is 5.65. The van der Waals surface area contributed by atoms with Crippen LogP contribution < -0.4 is 5.32 Å². The number of hydrogen-bond acceptors (Lipinski definition) is 5. The smallest absolute Gasteiger partial charge is 0.143 e. The lowest BCUT2D eigenvalue weighted by Crippen LogP contribution is -2.35. The highest BCUT2D eigenvalue weighted by Gasteiger charge is 2.23. The molecule has 6 nitrogen and oxygen atoms in total. The molecule has 0 saturated carbocycles. The molecule has 112 valence electrons. The minimum absolute atomic E-state index is 0.275. The van der Waals surface area contributed by atoms with Crippen LogP contribution in [0.4, 0.5) is 0 Å². The van der Waals surface area contributed by atoms with Crippen molar-refractivity contribution >= 4 is 0 Å². The molecule has 1 N–H and O–H groups in total. The Morgan fingerprint density at radius 1 is 1.38 bits per heavy atom. The van der Waals surface area contributed by atoms with E-state index in [0.29, 0.717) is 12.0 Å². The maximum absolute atomic E-state index is 5.47. The topological polar surface area (TPSA) is 64.9 Å². The van der Waals surface area contributed by atoms with Gasteiger partial charge in [-0.05, 0) is 54.3 Å². The van der Waals surface area contributed by atoms with Crippen molar-refractivity contribution in [3.8, 4) is 5.69 Å². The summed E-state index contributed by atoms with van der Waals surface area (Å²) in [6, 6.07) is 9.00. The van der Waals surface area contributed by atoms with Gasteiger partial charge in [0.15, 0.2) is 0 Å². The lowest BCUT2D eigenvalue weighted by atomic mass is 9.98. The molecule has 0 spiro atoms. The standard InChI is InChI=1S/C15H21N5O/c1-11(17-12(2)14-6-7-21-9-14)13-4-3-5-15(8-13)20-10-16-18-19-20/h3-5,8,10-12,14,17H,6-7,9H2,1-2H3. The van der Waals surface area contributed by atoms with E-state index in [0.717, 1.165) is 25.3 Å². The molecule has 0 aliphatic carbocycles. The van der Waals surface area contributed by atoms with E-state index in [1.165, 1.54) is 5.56 Å². The summed E-state index contributed by atoms with van der Waals surface area (Å²) in [6.07, 6.45) is 2.75. The Kier molecular flexibility index (Phi) is 4.26. The fraction of sp³-hybridized carbons (Fsp3) is 0.533. The zero-order valence-corrected chi connectivity index (χ0v) is 12.4. The van der Waals surface area contributed by atoms with Crippen LogP contribution in [0.1, 0.15) is 31.9 Å². The van der Waals surface area contributed by atoms with E-state index in [-0.39, 0.29) is 6.04 Å². The molecule has 1 fully saturated rings. The summed E-state index contributed by atoms with van der Waals surface area (Å²) >= 11 is 0. The molecular formula is C15H21N5O.